The molecule has 118 valence electrons. The number of likely N-dealkylation sites (tertiary alicyclic amines) is 1. The van der Waals surface area contributed by atoms with E-state index >= 15 is 0 Å². The molecule has 1 amide bonds. The maximum absolute atomic E-state index is 12.3. The molecule has 0 radical (unpaired) electrons. The van der Waals surface area contributed by atoms with E-state index in [1.807, 2.05) is 18.2 Å². The van der Waals surface area contributed by atoms with Crippen molar-refractivity contribution in [2.75, 3.05) is 38.2 Å². The SMILES string of the molecule is C=CCN1C[C@@H]2COC[C@@H](CC(=O)Nc3cccnc3)[C@@H]2C1. The third-order valence-corrected chi connectivity index (χ3v) is 4.62. The van der Waals surface area contributed by atoms with Crippen molar-refractivity contribution in [1.82, 2.24) is 9.88 Å². The molecule has 0 saturated carbocycles. The van der Waals surface area contributed by atoms with Gasteiger partial charge in [-0.05, 0) is 29.9 Å². The van der Waals surface area contributed by atoms with E-state index in [-0.39, 0.29) is 5.91 Å². The lowest BCUT2D eigenvalue weighted by Crippen LogP contribution is -2.37. The van der Waals surface area contributed by atoms with Crippen LogP contribution < -0.4 is 5.32 Å². The molecule has 3 atom stereocenters. The summed E-state index contributed by atoms with van der Waals surface area (Å²) in [5.74, 6) is 1.44. The Morgan fingerprint density at radius 1 is 1.50 bits per heavy atom. The van der Waals surface area contributed by atoms with Crippen molar-refractivity contribution in [3.8, 4) is 0 Å². The standard InChI is InChI=1S/C17H23N3O2/c1-2-6-20-9-14-12-22-11-13(16(14)10-20)7-17(21)19-15-4-3-5-18-8-15/h2-5,8,13-14,16H,1,6-7,9-12H2,(H,19,21)/t13-,14-,16+/m1/s1. The van der Waals surface area contributed by atoms with Gasteiger partial charge in [0.2, 0.25) is 5.91 Å². The van der Waals surface area contributed by atoms with Gasteiger partial charge in [0, 0.05) is 32.3 Å². The zero-order valence-corrected chi connectivity index (χ0v) is 12.8. The second kappa shape index (κ2) is 7.03. The van der Waals surface area contributed by atoms with Gasteiger partial charge < -0.3 is 10.1 Å². The molecule has 2 saturated heterocycles. The third kappa shape index (κ3) is 3.54. The molecular formula is C17H23N3O2. The van der Waals surface area contributed by atoms with E-state index in [4.69, 9.17) is 4.74 Å². The summed E-state index contributed by atoms with van der Waals surface area (Å²) >= 11 is 0. The van der Waals surface area contributed by atoms with Crippen molar-refractivity contribution in [3.63, 3.8) is 0 Å². The maximum atomic E-state index is 12.3. The van der Waals surface area contributed by atoms with E-state index < -0.39 is 0 Å². The van der Waals surface area contributed by atoms with Gasteiger partial charge in [-0.1, -0.05) is 6.08 Å². The molecule has 5 nitrogen and oxygen atoms in total. The van der Waals surface area contributed by atoms with E-state index in [1.54, 1.807) is 12.4 Å². The van der Waals surface area contributed by atoms with Crippen molar-refractivity contribution in [1.29, 1.82) is 0 Å². The Balaban J connectivity index is 1.57. The molecule has 22 heavy (non-hydrogen) atoms. The van der Waals surface area contributed by atoms with E-state index in [2.05, 4.69) is 21.8 Å². The molecule has 1 N–H and O–H groups in total. The highest BCUT2D eigenvalue weighted by Crippen LogP contribution is 2.35. The van der Waals surface area contributed by atoms with Gasteiger partial charge in [0.15, 0.2) is 0 Å². The monoisotopic (exact) mass is 301 g/mol. The number of ether oxygens (including phenoxy) is 1. The normalized spacial score (nSPS) is 28.1. The molecule has 1 aromatic rings. The first-order valence-electron chi connectivity index (χ1n) is 7.87. The van der Waals surface area contributed by atoms with E-state index in [9.17, 15) is 4.79 Å². The summed E-state index contributed by atoms with van der Waals surface area (Å²) in [4.78, 5) is 18.7. The molecule has 2 fully saturated rings. The number of pyridine rings is 1. The fourth-order valence-electron chi connectivity index (χ4n) is 3.62. The molecule has 0 aliphatic carbocycles. The number of aromatic nitrogens is 1. The number of hydrogen-bond acceptors (Lipinski definition) is 4. The number of fused-ring (bicyclic) bond motifs is 1. The summed E-state index contributed by atoms with van der Waals surface area (Å²) in [5.41, 5.74) is 0.750. The minimum Gasteiger partial charge on any atom is -0.381 e. The highest BCUT2D eigenvalue weighted by molar-refractivity contribution is 5.90. The minimum absolute atomic E-state index is 0.0458. The summed E-state index contributed by atoms with van der Waals surface area (Å²) in [6, 6.07) is 3.67. The van der Waals surface area contributed by atoms with Crippen LogP contribution in [0.5, 0.6) is 0 Å². The summed E-state index contributed by atoms with van der Waals surface area (Å²) in [7, 11) is 0. The second-order valence-electron chi connectivity index (χ2n) is 6.22. The molecule has 0 unspecified atom stereocenters. The van der Waals surface area contributed by atoms with Crippen LogP contribution >= 0.6 is 0 Å². The highest BCUT2D eigenvalue weighted by atomic mass is 16.5. The lowest BCUT2D eigenvalue weighted by Gasteiger charge is -2.32. The number of rotatable bonds is 5. The lowest BCUT2D eigenvalue weighted by atomic mass is 9.81. The molecule has 0 spiro atoms. The molecule has 1 aromatic heterocycles. The Morgan fingerprint density at radius 3 is 3.18 bits per heavy atom. The summed E-state index contributed by atoms with van der Waals surface area (Å²) in [6.45, 7) is 8.33. The summed E-state index contributed by atoms with van der Waals surface area (Å²) < 4.78 is 5.73. The van der Waals surface area contributed by atoms with Crippen LogP contribution in [-0.4, -0.2) is 48.6 Å². The van der Waals surface area contributed by atoms with Crippen LogP contribution in [-0.2, 0) is 9.53 Å². The molecule has 0 aromatic carbocycles. The zero-order valence-electron chi connectivity index (χ0n) is 12.8. The molecule has 3 rings (SSSR count). The van der Waals surface area contributed by atoms with Crippen LogP contribution in [0.25, 0.3) is 0 Å². The van der Waals surface area contributed by atoms with Gasteiger partial charge in [0.25, 0.3) is 0 Å². The molecule has 3 heterocycles. The van der Waals surface area contributed by atoms with Gasteiger partial charge in [-0.25, -0.2) is 0 Å². The highest BCUT2D eigenvalue weighted by Gasteiger charge is 2.41. The van der Waals surface area contributed by atoms with Gasteiger partial charge in [-0.15, -0.1) is 6.58 Å². The van der Waals surface area contributed by atoms with Gasteiger partial charge in [0.1, 0.15) is 0 Å². The number of amides is 1. The fourth-order valence-corrected chi connectivity index (χ4v) is 3.62. The number of nitrogens with zero attached hydrogens (tertiary/aromatic N) is 2. The van der Waals surface area contributed by atoms with Crippen LogP contribution in [0.1, 0.15) is 6.42 Å². The number of carbonyl (C=O) groups excluding carboxylic acids is 1. The first-order valence-corrected chi connectivity index (χ1v) is 7.87. The summed E-state index contributed by atoms with van der Waals surface area (Å²) in [6.07, 6.45) is 5.82. The summed E-state index contributed by atoms with van der Waals surface area (Å²) in [5, 5.41) is 2.92. The number of anilines is 1. The van der Waals surface area contributed by atoms with Gasteiger partial charge in [-0.3, -0.25) is 14.7 Å². The zero-order chi connectivity index (χ0) is 15.4. The van der Waals surface area contributed by atoms with E-state index in [0.29, 0.717) is 30.8 Å². The Hall–Kier alpha value is -1.72. The average Bonchev–Trinajstić information content (AvgIpc) is 2.92. The van der Waals surface area contributed by atoms with Gasteiger partial charge >= 0.3 is 0 Å². The molecule has 0 bridgehead atoms. The van der Waals surface area contributed by atoms with Crippen molar-refractivity contribution in [3.05, 3.63) is 37.2 Å². The van der Waals surface area contributed by atoms with E-state index in [1.165, 1.54) is 0 Å². The van der Waals surface area contributed by atoms with Crippen molar-refractivity contribution in [2.24, 2.45) is 17.8 Å². The topological polar surface area (TPSA) is 54.5 Å². The number of carbonyl (C=O) groups is 1. The van der Waals surface area contributed by atoms with Gasteiger partial charge in [-0.2, -0.15) is 0 Å². The van der Waals surface area contributed by atoms with Crippen LogP contribution in [0.15, 0.2) is 37.2 Å². The smallest absolute Gasteiger partial charge is 0.224 e. The lowest BCUT2D eigenvalue weighted by molar-refractivity contribution is -0.119. The van der Waals surface area contributed by atoms with Crippen LogP contribution in [0, 0.1) is 17.8 Å². The average molecular weight is 301 g/mol. The maximum Gasteiger partial charge on any atom is 0.224 e. The second-order valence-corrected chi connectivity index (χ2v) is 6.22. The predicted octanol–water partition coefficient (Wildman–Crippen LogP) is 1.79. The molecule has 2 aliphatic rings. The third-order valence-electron chi connectivity index (χ3n) is 4.62. The van der Waals surface area contributed by atoms with Crippen LogP contribution in [0.2, 0.25) is 0 Å². The molecular weight excluding hydrogens is 278 g/mol. The van der Waals surface area contributed by atoms with E-state index in [0.717, 1.165) is 31.9 Å². The van der Waals surface area contributed by atoms with Gasteiger partial charge in [0.05, 0.1) is 25.1 Å². The number of hydrogen-bond donors (Lipinski definition) is 1. The minimum atomic E-state index is 0.0458. The Kier molecular flexibility index (Phi) is 4.85. The quantitative estimate of drug-likeness (QED) is 0.843. The van der Waals surface area contributed by atoms with Crippen molar-refractivity contribution < 1.29 is 9.53 Å². The Labute approximate surface area is 131 Å². The molecule has 2 aliphatic heterocycles. The van der Waals surface area contributed by atoms with Crippen molar-refractivity contribution >= 4 is 11.6 Å². The Morgan fingerprint density at radius 2 is 2.41 bits per heavy atom. The van der Waals surface area contributed by atoms with Crippen molar-refractivity contribution in [2.45, 2.75) is 6.42 Å². The first kappa shape index (κ1) is 15.2. The number of nitrogens with one attached hydrogen (secondary N) is 1. The fraction of sp³-hybridized carbons (Fsp3) is 0.529. The van der Waals surface area contributed by atoms with Crippen LogP contribution in [0.4, 0.5) is 5.69 Å². The predicted molar refractivity (Wildman–Crippen MR) is 85.4 cm³/mol. The molecule has 5 heteroatoms. The van der Waals surface area contributed by atoms with Crippen LogP contribution in [0.3, 0.4) is 0 Å². The first-order chi connectivity index (χ1) is 10.8. The largest absolute Gasteiger partial charge is 0.381 e. The Bertz CT molecular complexity index is 520.